The lowest BCUT2D eigenvalue weighted by Crippen LogP contribution is -2.30. The van der Waals surface area contributed by atoms with E-state index in [2.05, 4.69) is 5.32 Å². The van der Waals surface area contributed by atoms with Crippen molar-refractivity contribution in [3.05, 3.63) is 29.8 Å². The Morgan fingerprint density at radius 1 is 1.31 bits per heavy atom. The summed E-state index contributed by atoms with van der Waals surface area (Å²) in [6.45, 7) is 4.05. The van der Waals surface area contributed by atoms with Gasteiger partial charge in [-0.05, 0) is 24.6 Å². The summed E-state index contributed by atoms with van der Waals surface area (Å²) in [7, 11) is 0. The highest BCUT2D eigenvalue weighted by Crippen LogP contribution is 2.08. The molecule has 0 aliphatic heterocycles. The summed E-state index contributed by atoms with van der Waals surface area (Å²) in [4.78, 5) is 0. The molecule has 1 unspecified atom stereocenters. The van der Waals surface area contributed by atoms with E-state index in [1.54, 1.807) is 12.1 Å². The highest BCUT2D eigenvalue weighted by atomic mass is 16.5. The number of rotatable bonds is 7. The van der Waals surface area contributed by atoms with Crippen LogP contribution in [0, 0.1) is 0 Å². The number of hydrogen-bond donors (Lipinski definition) is 3. The molecule has 0 amide bonds. The molecule has 0 aliphatic rings. The predicted octanol–water partition coefficient (Wildman–Crippen LogP) is 0.879. The van der Waals surface area contributed by atoms with Crippen LogP contribution in [-0.4, -0.2) is 36.1 Å². The number of phenols is 1. The number of ether oxygens (including phenoxy) is 1. The molecule has 4 nitrogen and oxygen atoms in total. The molecule has 90 valence electrons. The van der Waals surface area contributed by atoms with Crippen LogP contribution in [0.5, 0.6) is 5.75 Å². The molecule has 0 saturated carbocycles. The Kier molecular flexibility index (Phi) is 5.85. The third-order valence-electron chi connectivity index (χ3n) is 2.16. The maximum atomic E-state index is 9.47. The normalized spacial score (nSPS) is 12.6. The van der Waals surface area contributed by atoms with Crippen molar-refractivity contribution in [2.24, 2.45) is 0 Å². The average Bonchev–Trinajstić information content (AvgIpc) is 2.29. The highest BCUT2D eigenvalue weighted by Gasteiger charge is 2.02. The van der Waals surface area contributed by atoms with Gasteiger partial charge in [0.05, 0.1) is 12.7 Å². The molecule has 0 aromatic heterocycles. The molecule has 0 radical (unpaired) electrons. The van der Waals surface area contributed by atoms with E-state index < -0.39 is 6.10 Å². The van der Waals surface area contributed by atoms with Gasteiger partial charge < -0.3 is 20.3 Å². The Morgan fingerprint density at radius 3 is 2.62 bits per heavy atom. The summed E-state index contributed by atoms with van der Waals surface area (Å²) in [5.74, 6) is 0.264. The predicted molar refractivity (Wildman–Crippen MR) is 62.3 cm³/mol. The van der Waals surface area contributed by atoms with Gasteiger partial charge in [0.25, 0.3) is 0 Å². The van der Waals surface area contributed by atoms with Gasteiger partial charge in [0.2, 0.25) is 0 Å². The van der Waals surface area contributed by atoms with E-state index in [0.29, 0.717) is 26.3 Å². The molecule has 0 aliphatic carbocycles. The molecule has 0 heterocycles. The van der Waals surface area contributed by atoms with E-state index in [1.807, 2.05) is 19.1 Å². The minimum absolute atomic E-state index is 0.264. The Labute approximate surface area is 95.9 Å². The number of aliphatic hydroxyl groups excluding tert-OH is 1. The van der Waals surface area contributed by atoms with Crippen LogP contribution in [0.15, 0.2) is 24.3 Å². The summed E-state index contributed by atoms with van der Waals surface area (Å²) in [5.41, 5.74) is 1.07. The Bertz CT molecular complexity index is 287. The SMILES string of the molecule is CCOCC(O)CNCc1ccc(O)cc1. The second kappa shape index (κ2) is 7.22. The molecule has 1 rings (SSSR count). The largest absolute Gasteiger partial charge is 0.508 e. The molecule has 0 fully saturated rings. The first-order chi connectivity index (χ1) is 7.72. The second-order valence-electron chi connectivity index (χ2n) is 3.61. The summed E-state index contributed by atoms with van der Waals surface area (Å²) >= 11 is 0. The fraction of sp³-hybridized carbons (Fsp3) is 0.500. The second-order valence-corrected chi connectivity index (χ2v) is 3.61. The van der Waals surface area contributed by atoms with Gasteiger partial charge in [-0.25, -0.2) is 0 Å². The average molecular weight is 225 g/mol. The molecule has 4 heteroatoms. The van der Waals surface area contributed by atoms with Gasteiger partial charge in [0, 0.05) is 19.7 Å². The molecule has 1 aromatic carbocycles. The number of nitrogens with one attached hydrogen (secondary N) is 1. The number of phenolic OH excluding ortho intramolecular Hbond substituents is 1. The van der Waals surface area contributed by atoms with Crippen LogP contribution < -0.4 is 5.32 Å². The van der Waals surface area contributed by atoms with Gasteiger partial charge in [0.15, 0.2) is 0 Å². The summed E-state index contributed by atoms with van der Waals surface area (Å²) in [6, 6.07) is 6.98. The third kappa shape index (κ3) is 5.11. The van der Waals surface area contributed by atoms with E-state index in [9.17, 15) is 5.11 Å². The van der Waals surface area contributed by atoms with E-state index >= 15 is 0 Å². The number of hydrogen-bond acceptors (Lipinski definition) is 4. The van der Waals surface area contributed by atoms with Crippen LogP contribution >= 0.6 is 0 Å². The van der Waals surface area contributed by atoms with Gasteiger partial charge in [-0.1, -0.05) is 12.1 Å². The van der Waals surface area contributed by atoms with Crippen LogP contribution in [-0.2, 0) is 11.3 Å². The highest BCUT2D eigenvalue weighted by molar-refractivity contribution is 5.25. The molecule has 0 saturated heterocycles. The zero-order valence-electron chi connectivity index (χ0n) is 9.52. The van der Waals surface area contributed by atoms with Crippen molar-refractivity contribution >= 4 is 0 Å². The topological polar surface area (TPSA) is 61.7 Å². The molecule has 16 heavy (non-hydrogen) atoms. The monoisotopic (exact) mass is 225 g/mol. The maximum absolute atomic E-state index is 9.47. The first-order valence-corrected chi connectivity index (χ1v) is 5.46. The standard InChI is InChI=1S/C12H19NO3/c1-2-16-9-12(15)8-13-7-10-3-5-11(14)6-4-10/h3-6,12-15H,2,7-9H2,1H3. The quantitative estimate of drug-likeness (QED) is 0.644. The third-order valence-corrected chi connectivity index (χ3v) is 2.16. The summed E-state index contributed by atoms with van der Waals surface area (Å²) in [6.07, 6.45) is -0.475. The van der Waals surface area contributed by atoms with Crippen LogP contribution in [0.1, 0.15) is 12.5 Å². The number of benzene rings is 1. The van der Waals surface area contributed by atoms with Gasteiger partial charge >= 0.3 is 0 Å². The molecule has 1 aromatic rings. The van der Waals surface area contributed by atoms with Crippen LogP contribution in [0.25, 0.3) is 0 Å². The Hall–Kier alpha value is -1.10. The van der Waals surface area contributed by atoms with Crippen molar-refractivity contribution in [1.29, 1.82) is 0 Å². The zero-order valence-corrected chi connectivity index (χ0v) is 9.52. The van der Waals surface area contributed by atoms with E-state index in [1.165, 1.54) is 0 Å². The van der Waals surface area contributed by atoms with Gasteiger partial charge in [-0.2, -0.15) is 0 Å². The number of aliphatic hydroxyl groups is 1. The number of aromatic hydroxyl groups is 1. The van der Waals surface area contributed by atoms with Crippen LogP contribution in [0.3, 0.4) is 0 Å². The lowest BCUT2D eigenvalue weighted by atomic mass is 10.2. The van der Waals surface area contributed by atoms with Gasteiger partial charge in [-0.15, -0.1) is 0 Å². The first kappa shape index (κ1) is 13.0. The molecular formula is C12H19NO3. The van der Waals surface area contributed by atoms with Crippen molar-refractivity contribution in [3.63, 3.8) is 0 Å². The van der Waals surface area contributed by atoms with Crippen LogP contribution in [0.2, 0.25) is 0 Å². The summed E-state index contributed by atoms with van der Waals surface area (Å²) in [5, 5.41) is 21.7. The van der Waals surface area contributed by atoms with Crippen molar-refractivity contribution in [2.45, 2.75) is 19.6 Å². The Balaban J connectivity index is 2.17. The van der Waals surface area contributed by atoms with Crippen molar-refractivity contribution in [1.82, 2.24) is 5.32 Å². The van der Waals surface area contributed by atoms with Crippen molar-refractivity contribution in [3.8, 4) is 5.75 Å². The fourth-order valence-electron chi connectivity index (χ4n) is 1.31. The lowest BCUT2D eigenvalue weighted by molar-refractivity contribution is 0.0427. The zero-order chi connectivity index (χ0) is 11.8. The molecule has 0 spiro atoms. The fourth-order valence-corrected chi connectivity index (χ4v) is 1.31. The van der Waals surface area contributed by atoms with Crippen LogP contribution in [0.4, 0.5) is 0 Å². The Morgan fingerprint density at radius 2 is 2.00 bits per heavy atom. The maximum Gasteiger partial charge on any atom is 0.115 e. The lowest BCUT2D eigenvalue weighted by Gasteiger charge is -2.11. The molecule has 3 N–H and O–H groups in total. The van der Waals surface area contributed by atoms with Gasteiger partial charge in [-0.3, -0.25) is 0 Å². The molecule has 1 atom stereocenters. The van der Waals surface area contributed by atoms with Crippen molar-refractivity contribution < 1.29 is 14.9 Å². The minimum Gasteiger partial charge on any atom is -0.508 e. The summed E-state index contributed by atoms with van der Waals surface area (Å²) < 4.78 is 5.09. The molecular weight excluding hydrogens is 206 g/mol. The van der Waals surface area contributed by atoms with Crippen molar-refractivity contribution in [2.75, 3.05) is 19.8 Å². The first-order valence-electron chi connectivity index (χ1n) is 5.46. The molecule has 0 bridgehead atoms. The van der Waals surface area contributed by atoms with E-state index in [4.69, 9.17) is 9.84 Å². The minimum atomic E-state index is -0.475. The van der Waals surface area contributed by atoms with E-state index in [-0.39, 0.29) is 5.75 Å². The van der Waals surface area contributed by atoms with E-state index in [0.717, 1.165) is 5.56 Å². The van der Waals surface area contributed by atoms with Gasteiger partial charge in [0.1, 0.15) is 5.75 Å². The smallest absolute Gasteiger partial charge is 0.115 e.